The lowest BCUT2D eigenvalue weighted by atomic mass is 10.2. The fraction of sp³-hybridized carbons (Fsp3) is 0.400. The maximum atomic E-state index is 12.5. The van der Waals surface area contributed by atoms with Crippen molar-refractivity contribution in [1.82, 2.24) is 25.2 Å². The Morgan fingerprint density at radius 3 is 2.54 bits per heavy atom. The van der Waals surface area contributed by atoms with Gasteiger partial charge in [-0.2, -0.15) is 8.78 Å². The van der Waals surface area contributed by atoms with E-state index >= 15 is 0 Å². The highest BCUT2D eigenvalue weighted by Crippen LogP contribution is 2.19. The average molecular weight is 337 g/mol. The molecule has 0 radical (unpaired) electrons. The van der Waals surface area contributed by atoms with Crippen LogP contribution in [0.5, 0.6) is 5.75 Å². The number of halogens is 2. The zero-order valence-corrected chi connectivity index (χ0v) is 13.1. The monoisotopic (exact) mass is 337 g/mol. The topological polar surface area (TPSA) is 72.3 Å². The van der Waals surface area contributed by atoms with Crippen LogP contribution in [0.4, 0.5) is 8.78 Å². The van der Waals surface area contributed by atoms with Crippen molar-refractivity contribution < 1.29 is 18.3 Å². The fourth-order valence-corrected chi connectivity index (χ4v) is 2.56. The van der Waals surface area contributed by atoms with Crippen LogP contribution in [-0.4, -0.2) is 58.6 Å². The largest absolute Gasteiger partial charge is 0.435 e. The Bertz CT molecular complexity index is 711. The molecule has 0 atom stereocenters. The van der Waals surface area contributed by atoms with Crippen molar-refractivity contribution in [2.45, 2.75) is 13.5 Å². The zero-order valence-electron chi connectivity index (χ0n) is 13.1. The van der Waals surface area contributed by atoms with Crippen LogP contribution in [0.1, 0.15) is 16.2 Å². The average Bonchev–Trinajstić information content (AvgIpc) is 2.97. The minimum absolute atomic E-state index is 0.0589. The minimum Gasteiger partial charge on any atom is -0.435 e. The van der Waals surface area contributed by atoms with Gasteiger partial charge in [0.25, 0.3) is 5.91 Å². The molecule has 1 aromatic heterocycles. The van der Waals surface area contributed by atoms with Gasteiger partial charge in [0.15, 0.2) is 5.69 Å². The molecule has 24 heavy (non-hydrogen) atoms. The second-order valence-electron chi connectivity index (χ2n) is 5.35. The maximum Gasteiger partial charge on any atom is 0.387 e. The molecule has 1 aromatic carbocycles. The lowest BCUT2D eigenvalue weighted by molar-refractivity contribution is -0.0498. The molecule has 9 heteroatoms. The number of nitrogens with zero attached hydrogens (tertiary/aromatic N) is 4. The third-order valence-electron chi connectivity index (χ3n) is 3.81. The number of alkyl halides is 2. The van der Waals surface area contributed by atoms with Crippen molar-refractivity contribution in [3.63, 3.8) is 0 Å². The van der Waals surface area contributed by atoms with Crippen molar-refractivity contribution in [1.29, 1.82) is 0 Å². The van der Waals surface area contributed by atoms with Crippen LogP contribution in [0.3, 0.4) is 0 Å². The first kappa shape index (κ1) is 16.3. The molecule has 2 aromatic rings. The number of nitrogens with one attached hydrogen (secondary N) is 1. The number of carbonyl (C=O) groups is 1. The molecule has 7 nitrogen and oxygen atoms in total. The van der Waals surface area contributed by atoms with E-state index in [1.165, 1.54) is 16.8 Å². The maximum absolute atomic E-state index is 12.5. The van der Waals surface area contributed by atoms with E-state index in [-0.39, 0.29) is 11.7 Å². The Balaban J connectivity index is 1.80. The second-order valence-corrected chi connectivity index (χ2v) is 5.35. The highest BCUT2D eigenvalue weighted by Gasteiger charge is 2.24. The third-order valence-corrected chi connectivity index (χ3v) is 3.81. The molecule has 0 saturated carbocycles. The lowest BCUT2D eigenvalue weighted by Gasteiger charge is -2.26. The van der Waals surface area contributed by atoms with Crippen molar-refractivity contribution in [3.05, 3.63) is 35.7 Å². The lowest BCUT2D eigenvalue weighted by Crippen LogP contribution is -2.46. The van der Waals surface area contributed by atoms with Gasteiger partial charge in [-0.1, -0.05) is 5.21 Å². The van der Waals surface area contributed by atoms with Gasteiger partial charge in [0, 0.05) is 26.2 Å². The van der Waals surface area contributed by atoms with Crippen molar-refractivity contribution in [3.8, 4) is 11.4 Å². The number of aromatic nitrogens is 3. The Morgan fingerprint density at radius 1 is 1.25 bits per heavy atom. The van der Waals surface area contributed by atoms with Gasteiger partial charge in [-0.05, 0) is 31.2 Å². The molecule has 1 N–H and O–H groups in total. The van der Waals surface area contributed by atoms with Crippen LogP contribution in [0.25, 0.3) is 5.69 Å². The summed E-state index contributed by atoms with van der Waals surface area (Å²) in [5.74, 6) is -0.0958. The zero-order chi connectivity index (χ0) is 17.1. The van der Waals surface area contributed by atoms with Gasteiger partial charge < -0.3 is 15.0 Å². The van der Waals surface area contributed by atoms with E-state index in [1.54, 1.807) is 24.0 Å². The van der Waals surface area contributed by atoms with Crippen LogP contribution >= 0.6 is 0 Å². The SMILES string of the molecule is Cc1c(C(=O)N2CCNCC2)nnn1-c1ccc(OC(F)F)cc1. The van der Waals surface area contributed by atoms with Crippen LogP contribution in [-0.2, 0) is 0 Å². The minimum atomic E-state index is -2.87. The summed E-state index contributed by atoms with van der Waals surface area (Å²) in [7, 11) is 0. The third kappa shape index (κ3) is 3.35. The van der Waals surface area contributed by atoms with E-state index in [2.05, 4.69) is 20.4 Å². The predicted octanol–water partition coefficient (Wildman–Crippen LogP) is 1.22. The van der Waals surface area contributed by atoms with E-state index in [9.17, 15) is 13.6 Å². The van der Waals surface area contributed by atoms with Crippen molar-refractivity contribution >= 4 is 5.91 Å². The number of rotatable bonds is 4. The standard InChI is InChI=1S/C15H17F2N5O2/c1-10-13(14(23)21-8-6-18-7-9-21)19-20-22(10)11-2-4-12(5-3-11)24-15(16)17/h2-5,15,18H,6-9H2,1H3. The van der Waals surface area contributed by atoms with Crippen LogP contribution < -0.4 is 10.1 Å². The number of ether oxygens (including phenoxy) is 1. The number of benzene rings is 1. The van der Waals surface area contributed by atoms with Gasteiger partial charge in [-0.25, -0.2) is 4.68 Å². The molecule has 1 amide bonds. The molecular weight excluding hydrogens is 320 g/mol. The molecule has 0 unspecified atom stereocenters. The van der Waals surface area contributed by atoms with Gasteiger partial charge in [-0.3, -0.25) is 4.79 Å². The number of piperazine rings is 1. The molecule has 0 bridgehead atoms. The normalized spacial score (nSPS) is 14.9. The smallest absolute Gasteiger partial charge is 0.387 e. The number of hydrogen-bond donors (Lipinski definition) is 1. The van der Waals surface area contributed by atoms with Gasteiger partial charge in [0.1, 0.15) is 5.75 Å². The van der Waals surface area contributed by atoms with Crippen molar-refractivity contribution in [2.75, 3.05) is 26.2 Å². The van der Waals surface area contributed by atoms with Crippen LogP contribution in [0.2, 0.25) is 0 Å². The number of carbonyl (C=O) groups excluding carboxylic acids is 1. The summed E-state index contributed by atoms with van der Waals surface area (Å²) in [5, 5.41) is 11.2. The molecule has 0 spiro atoms. The Kier molecular flexibility index (Phi) is 4.70. The Morgan fingerprint density at radius 2 is 1.92 bits per heavy atom. The van der Waals surface area contributed by atoms with Gasteiger partial charge in [0.2, 0.25) is 0 Å². The molecule has 128 valence electrons. The molecule has 1 saturated heterocycles. The summed E-state index contributed by atoms with van der Waals surface area (Å²) in [5.41, 5.74) is 1.51. The first-order valence-electron chi connectivity index (χ1n) is 7.54. The highest BCUT2D eigenvalue weighted by atomic mass is 19.3. The predicted molar refractivity (Wildman–Crippen MR) is 81.5 cm³/mol. The summed E-state index contributed by atoms with van der Waals surface area (Å²) in [6.45, 7) is 1.65. The Labute approximate surface area is 137 Å². The molecular formula is C15H17F2N5O2. The summed E-state index contributed by atoms with van der Waals surface area (Å²) >= 11 is 0. The summed E-state index contributed by atoms with van der Waals surface area (Å²) < 4.78 is 30.2. The second kappa shape index (κ2) is 6.91. The molecule has 1 aliphatic heterocycles. The van der Waals surface area contributed by atoms with E-state index in [1.807, 2.05) is 0 Å². The van der Waals surface area contributed by atoms with Gasteiger partial charge >= 0.3 is 6.61 Å². The number of hydrogen-bond acceptors (Lipinski definition) is 5. The van der Waals surface area contributed by atoms with Gasteiger partial charge in [0.05, 0.1) is 11.4 Å². The van der Waals surface area contributed by atoms with Crippen molar-refractivity contribution in [2.24, 2.45) is 0 Å². The highest BCUT2D eigenvalue weighted by molar-refractivity contribution is 5.93. The quantitative estimate of drug-likeness (QED) is 0.908. The molecule has 0 aliphatic carbocycles. The van der Waals surface area contributed by atoms with Crippen LogP contribution in [0.15, 0.2) is 24.3 Å². The fourth-order valence-electron chi connectivity index (χ4n) is 2.56. The molecule has 1 fully saturated rings. The van der Waals surface area contributed by atoms with E-state index in [4.69, 9.17) is 0 Å². The first-order chi connectivity index (χ1) is 11.6. The van der Waals surface area contributed by atoms with E-state index < -0.39 is 6.61 Å². The van der Waals surface area contributed by atoms with E-state index in [0.29, 0.717) is 30.2 Å². The summed E-state index contributed by atoms with van der Waals surface area (Å²) in [4.78, 5) is 14.3. The van der Waals surface area contributed by atoms with Crippen LogP contribution in [0, 0.1) is 6.92 Å². The molecule has 2 heterocycles. The van der Waals surface area contributed by atoms with Gasteiger partial charge in [-0.15, -0.1) is 5.10 Å². The molecule has 3 rings (SSSR count). The Hall–Kier alpha value is -2.55. The first-order valence-corrected chi connectivity index (χ1v) is 7.54. The molecule has 1 aliphatic rings. The number of amides is 1. The summed E-state index contributed by atoms with van der Waals surface area (Å²) in [6, 6.07) is 6.00. The van der Waals surface area contributed by atoms with E-state index in [0.717, 1.165) is 13.1 Å². The summed E-state index contributed by atoms with van der Waals surface area (Å²) in [6.07, 6.45) is 0.